The Labute approximate surface area is 140 Å². The van der Waals surface area contributed by atoms with Crippen molar-refractivity contribution in [3.63, 3.8) is 0 Å². The summed E-state index contributed by atoms with van der Waals surface area (Å²) in [5, 5.41) is 8.42. The van der Waals surface area contributed by atoms with E-state index >= 15 is 0 Å². The van der Waals surface area contributed by atoms with Crippen molar-refractivity contribution in [2.45, 2.75) is 39.2 Å². The van der Waals surface area contributed by atoms with Crippen molar-refractivity contribution in [2.24, 2.45) is 0 Å². The normalized spacial score (nSPS) is 12.2. The fourth-order valence-electron chi connectivity index (χ4n) is 2.73. The van der Waals surface area contributed by atoms with E-state index in [1.165, 1.54) is 11.6 Å². The molecule has 0 saturated carbocycles. The number of hydrogen-bond acceptors (Lipinski definition) is 4. The van der Waals surface area contributed by atoms with E-state index in [9.17, 15) is 4.79 Å². The van der Waals surface area contributed by atoms with Crippen LogP contribution in [0, 0.1) is 6.92 Å². The predicted octanol–water partition coefficient (Wildman–Crippen LogP) is 2.26. The molecule has 0 aliphatic heterocycles. The highest BCUT2D eigenvalue weighted by atomic mass is 16.1. The molecule has 1 N–H and O–H groups in total. The molecule has 0 aliphatic carbocycles. The molecule has 6 nitrogen and oxygen atoms in total. The summed E-state index contributed by atoms with van der Waals surface area (Å²) in [7, 11) is 0. The van der Waals surface area contributed by atoms with Crippen LogP contribution in [0.15, 0.2) is 47.4 Å². The van der Waals surface area contributed by atoms with Crippen LogP contribution in [-0.2, 0) is 19.4 Å². The molecule has 124 valence electrons. The van der Waals surface area contributed by atoms with Crippen molar-refractivity contribution in [3.05, 3.63) is 75.7 Å². The first-order valence-corrected chi connectivity index (χ1v) is 8.11. The van der Waals surface area contributed by atoms with Crippen molar-refractivity contribution >= 4 is 0 Å². The molecule has 1 aromatic carbocycles. The zero-order chi connectivity index (χ0) is 16.9. The maximum atomic E-state index is 11.5. The fraction of sp³-hybridized carbons (Fsp3) is 0.333. The molecule has 3 aromatic rings. The van der Waals surface area contributed by atoms with Crippen LogP contribution >= 0.6 is 0 Å². The van der Waals surface area contributed by atoms with Gasteiger partial charge in [0.2, 0.25) is 0 Å². The number of aryl methyl sites for hydroxylation is 3. The lowest BCUT2D eigenvalue weighted by Gasteiger charge is -2.09. The Balaban J connectivity index is 1.60. The second-order valence-electron chi connectivity index (χ2n) is 6.07. The lowest BCUT2D eigenvalue weighted by atomic mass is 9.97. The van der Waals surface area contributed by atoms with E-state index in [0.29, 0.717) is 24.7 Å². The van der Waals surface area contributed by atoms with Crippen molar-refractivity contribution in [3.8, 4) is 0 Å². The highest BCUT2D eigenvalue weighted by molar-refractivity contribution is 5.20. The summed E-state index contributed by atoms with van der Waals surface area (Å²) in [5.74, 6) is 1.07. The predicted molar refractivity (Wildman–Crippen MR) is 91.9 cm³/mol. The standard InChI is InChI=1S/C18H21N5O/c1-13(15-6-4-3-5-7-15)10-16-12-23(22-21-16)9-8-17-19-14(2)11-18(24)20-17/h3-7,11-13H,8-10H2,1-2H3,(H,19,20,24)/t13-/m1/s1. The summed E-state index contributed by atoms with van der Waals surface area (Å²) >= 11 is 0. The summed E-state index contributed by atoms with van der Waals surface area (Å²) in [6.45, 7) is 4.64. The van der Waals surface area contributed by atoms with Crippen molar-refractivity contribution in [1.82, 2.24) is 25.0 Å². The third-order valence-electron chi connectivity index (χ3n) is 3.97. The third-order valence-corrected chi connectivity index (χ3v) is 3.97. The Morgan fingerprint density at radius 3 is 2.79 bits per heavy atom. The minimum absolute atomic E-state index is 0.117. The molecular formula is C18H21N5O. The summed E-state index contributed by atoms with van der Waals surface area (Å²) in [6.07, 6.45) is 3.44. The number of aromatic amines is 1. The van der Waals surface area contributed by atoms with Crippen LogP contribution in [0.3, 0.4) is 0 Å². The van der Waals surface area contributed by atoms with E-state index in [1.807, 2.05) is 19.2 Å². The molecule has 3 rings (SSSR count). The zero-order valence-electron chi connectivity index (χ0n) is 13.9. The molecule has 1 atom stereocenters. The van der Waals surface area contributed by atoms with E-state index in [4.69, 9.17) is 0 Å². The highest BCUT2D eigenvalue weighted by Crippen LogP contribution is 2.18. The summed E-state index contributed by atoms with van der Waals surface area (Å²) in [4.78, 5) is 18.5. The van der Waals surface area contributed by atoms with Gasteiger partial charge < -0.3 is 4.98 Å². The molecule has 0 fully saturated rings. The number of nitrogens with one attached hydrogen (secondary N) is 1. The van der Waals surface area contributed by atoms with Gasteiger partial charge in [-0.05, 0) is 24.8 Å². The van der Waals surface area contributed by atoms with Gasteiger partial charge in [0, 0.05) is 30.9 Å². The second-order valence-corrected chi connectivity index (χ2v) is 6.07. The van der Waals surface area contributed by atoms with E-state index in [-0.39, 0.29) is 5.56 Å². The topological polar surface area (TPSA) is 76.5 Å². The molecule has 0 bridgehead atoms. The lowest BCUT2D eigenvalue weighted by molar-refractivity contribution is 0.575. The largest absolute Gasteiger partial charge is 0.310 e. The summed E-state index contributed by atoms with van der Waals surface area (Å²) < 4.78 is 1.80. The first kappa shape index (κ1) is 16.1. The van der Waals surface area contributed by atoms with Gasteiger partial charge in [-0.2, -0.15) is 0 Å². The second kappa shape index (κ2) is 7.21. The van der Waals surface area contributed by atoms with E-state index < -0.39 is 0 Å². The average Bonchev–Trinajstić information content (AvgIpc) is 3.00. The van der Waals surface area contributed by atoms with Crippen LogP contribution in [0.2, 0.25) is 0 Å². The van der Waals surface area contributed by atoms with Gasteiger partial charge in [-0.25, -0.2) is 4.98 Å². The Hall–Kier alpha value is -2.76. The van der Waals surface area contributed by atoms with Gasteiger partial charge in [-0.15, -0.1) is 5.10 Å². The minimum Gasteiger partial charge on any atom is -0.310 e. The van der Waals surface area contributed by atoms with Crippen molar-refractivity contribution in [1.29, 1.82) is 0 Å². The van der Waals surface area contributed by atoms with Gasteiger partial charge in [0.1, 0.15) is 5.82 Å². The van der Waals surface area contributed by atoms with Crippen LogP contribution in [0.25, 0.3) is 0 Å². The average molecular weight is 323 g/mol. The summed E-state index contributed by atoms with van der Waals surface area (Å²) in [5.41, 5.74) is 2.88. The van der Waals surface area contributed by atoms with E-state index in [0.717, 1.165) is 17.8 Å². The monoisotopic (exact) mass is 323 g/mol. The first-order valence-electron chi connectivity index (χ1n) is 8.11. The number of nitrogens with zero attached hydrogens (tertiary/aromatic N) is 4. The first-order chi connectivity index (χ1) is 11.6. The molecule has 2 aromatic heterocycles. The Morgan fingerprint density at radius 2 is 2.04 bits per heavy atom. The molecule has 6 heteroatoms. The molecule has 24 heavy (non-hydrogen) atoms. The van der Waals surface area contributed by atoms with Gasteiger partial charge >= 0.3 is 0 Å². The Bertz CT molecular complexity index is 853. The van der Waals surface area contributed by atoms with Gasteiger partial charge in [-0.1, -0.05) is 42.5 Å². The molecule has 0 aliphatic rings. The molecule has 2 heterocycles. The third kappa shape index (κ3) is 4.16. The maximum Gasteiger partial charge on any atom is 0.251 e. The van der Waals surface area contributed by atoms with Crippen LogP contribution in [0.5, 0.6) is 0 Å². The molecular weight excluding hydrogens is 302 g/mol. The Kier molecular flexibility index (Phi) is 4.84. The molecule has 0 spiro atoms. The maximum absolute atomic E-state index is 11.5. The lowest BCUT2D eigenvalue weighted by Crippen LogP contribution is -2.13. The van der Waals surface area contributed by atoms with E-state index in [1.54, 1.807) is 4.68 Å². The van der Waals surface area contributed by atoms with Crippen molar-refractivity contribution < 1.29 is 0 Å². The van der Waals surface area contributed by atoms with Gasteiger partial charge in [0.15, 0.2) is 0 Å². The molecule has 0 unspecified atom stereocenters. The number of benzene rings is 1. The summed E-state index contributed by atoms with van der Waals surface area (Å²) in [6, 6.07) is 11.9. The minimum atomic E-state index is -0.117. The highest BCUT2D eigenvalue weighted by Gasteiger charge is 2.09. The van der Waals surface area contributed by atoms with Crippen LogP contribution < -0.4 is 5.56 Å². The zero-order valence-corrected chi connectivity index (χ0v) is 13.9. The van der Waals surface area contributed by atoms with Gasteiger partial charge in [0.05, 0.1) is 5.69 Å². The Morgan fingerprint density at radius 1 is 1.25 bits per heavy atom. The van der Waals surface area contributed by atoms with Crippen molar-refractivity contribution in [2.75, 3.05) is 0 Å². The van der Waals surface area contributed by atoms with Gasteiger partial charge in [-0.3, -0.25) is 9.48 Å². The van der Waals surface area contributed by atoms with Crippen LogP contribution in [-0.4, -0.2) is 25.0 Å². The SMILES string of the molecule is Cc1cc(=O)[nH]c(CCn2cc(C[C@@H](C)c3ccccc3)nn2)n1. The molecule has 0 saturated heterocycles. The number of aromatic nitrogens is 5. The van der Waals surface area contributed by atoms with E-state index in [2.05, 4.69) is 51.5 Å². The smallest absolute Gasteiger partial charge is 0.251 e. The number of rotatable bonds is 6. The van der Waals surface area contributed by atoms with Crippen LogP contribution in [0.1, 0.15) is 35.6 Å². The quantitative estimate of drug-likeness (QED) is 0.755. The van der Waals surface area contributed by atoms with Gasteiger partial charge in [0.25, 0.3) is 5.56 Å². The fourth-order valence-corrected chi connectivity index (χ4v) is 2.73. The number of H-pyrrole nitrogens is 1. The van der Waals surface area contributed by atoms with Crippen LogP contribution in [0.4, 0.5) is 0 Å². The molecule has 0 radical (unpaired) electrons. The molecule has 0 amide bonds. The number of hydrogen-bond donors (Lipinski definition) is 1.